The molecule has 0 aromatic carbocycles. The van der Waals surface area contributed by atoms with Gasteiger partial charge in [0.1, 0.15) is 6.10 Å². The van der Waals surface area contributed by atoms with Crippen molar-refractivity contribution in [3.05, 3.63) is 24.3 Å². The molecule has 0 saturated carbocycles. The predicted molar refractivity (Wildman–Crippen MR) is 261 cm³/mol. The van der Waals surface area contributed by atoms with E-state index in [2.05, 4.69) is 38.2 Å². The van der Waals surface area contributed by atoms with Crippen LogP contribution in [0.5, 0.6) is 0 Å². The molecule has 0 aliphatic heterocycles. The molecule has 0 heterocycles. The molecule has 0 radical (unpaired) electrons. The summed E-state index contributed by atoms with van der Waals surface area (Å²) >= 11 is 0. The molecule has 0 fully saturated rings. The Morgan fingerprint density at radius 2 is 0.712 bits per heavy atom. The standard InChI is InChI=1S/C55H106O4/c1-3-5-7-9-11-13-15-17-19-21-23-25-27-28-29-30-32-34-36-38-40-42-44-46-48-50-55(57)59-54(52-56)53-58-51-49-47-45-43-41-39-37-35-33-31-26-24-22-20-18-16-14-12-10-8-6-4-2/h16,18,22,24,54,56H,3-15,17,19-21,23,25-53H2,1-2H3/b18-16-,24-22-. The van der Waals surface area contributed by atoms with E-state index in [9.17, 15) is 9.90 Å². The molecule has 1 atom stereocenters. The molecule has 0 rings (SSSR count). The van der Waals surface area contributed by atoms with Crippen molar-refractivity contribution in [2.24, 2.45) is 0 Å². The lowest BCUT2D eigenvalue weighted by atomic mass is 10.0. The number of carbonyl (C=O) groups is 1. The van der Waals surface area contributed by atoms with Gasteiger partial charge in [-0.15, -0.1) is 0 Å². The average Bonchev–Trinajstić information content (AvgIpc) is 3.24. The van der Waals surface area contributed by atoms with Crippen LogP contribution in [0.2, 0.25) is 0 Å². The van der Waals surface area contributed by atoms with Gasteiger partial charge in [-0.05, 0) is 44.9 Å². The van der Waals surface area contributed by atoms with Crippen molar-refractivity contribution >= 4 is 5.97 Å². The lowest BCUT2D eigenvalue weighted by molar-refractivity contribution is -0.154. The fraction of sp³-hybridized carbons (Fsp3) is 0.909. The molecule has 4 heteroatoms. The van der Waals surface area contributed by atoms with E-state index >= 15 is 0 Å². The van der Waals surface area contributed by atoms with Gasteiger partial charge in [-0.1, -0.05) is 269 Å². The molecule has 59 heavy (non-hydrogen) atoms. The van der Waals surface area contributed by atoms with Crippen LogP contribution in [0.1, 0.15) is 296 Å². The molecule has 1 N–H and O–H groups in total. The van der Waals surface area contributed by atoms with Crippen molar-refractivity contribution < 1.29 is 19.4 Å². The van der Waals surface area contributed by atoms with Crippen molar-refractivity contribution in [3.63, 3.8) is 0 Å². The highest BCUT2D eigenvalue weighted by atomic mass is 16.6. The SMILES string of the molecule is CCCCCCC/C=C\C/C=C\CCCCCCCCCCCCOCC(CO)OC(=O)CCCCCCCCCCCCCCCCCCCCCCCCCCC. The highest BCUT2D eigenvalue weighted by molar-refractivity contribution is 5.69. The van der Waals surface area contributed by atoms with Gasteiger partial charge in [0.2, 0.25) is 0 Å². The third-order valence-corrected chi connectivity index (χ3v) is 12.3. The summed E-state index contributed by atoms with van der Waals surface area (Å²) in [4.78, 5) is 12.3. The molecular weight excluding hydrogens is 725 g/mol. The van der Waals surface area contributed by atoms with Gasteiger partial charge < -0.3 is 14.6 Å². The summed E-state index contributed by atoms with van der Waals surface area (Å²) in [7, 11) is 0. The van der Waals surface area contributed by atoms with E-state index in [4.69, 9.17) is 9.47 Å². The van der Waals surface area contributed by atoms with E-state index in [1.807, 2.05) is 0 Å². The summed E-state index contributed by atoms with van der Waals surface area (Å²) in [6.07, 6.45) is 67.1. The van der Waals surface area contributed by atoms with E-state index < -0.39 is 6.10 Å². The van der Waals surface area contributed by atoms with Gasteiger partial charge in [0.05, 0.1) is 13.2 Å². The molecule has 0 saturated heterocycles. The lowest BCUT2D eigenvalue weighted by Gasteiger charge is -2.16. The van der Waals surface area contributed by atoms with E-state index in [-0.39, 0.29) is 12.6 Å². The van der Waals surface area contributed by atoms with Crippen molar-refractivity contribution in [1.29, 1.82) is 0 Å². The molecule has 4 nitrogen and oxygen atoms in total. The maximum absolute atomic E-state index is 12.3. The number of unbranched alkanes of at least 4 members (excludes halogenated alkanes) is 39. The summed E-state index contributed by atoms with van der Waals surface area (Å²) in [5.41, 5.74) is 0. The summed E-state index contributed by atoms with van der Waals surface area (Å²) < 4.78 is 11.2. The van der Waals surface area contributed by atoms with Gasteiger partial charge in [-0.25, -0.2) is 0 Å². The normalized spacial score (nSPS) is 12.4. The Kier molecular flexibility index (Phi) is 52.0. The first-order valence-corrected chi connectivity index (χ1v) is 26.9. The van der Waals surface area contributed by atoms with Crippen LogP contribution in [-0.2, 0) is 14.3 Å². The molecule has 0 aromatic heterocycles. The van der Waals surface area contributed by atoms with Gasteiger partial charge in [0.15, 0.2) is 0 Å². The zero-order valence-corrected chi connectivity index (χ0v) is 40.3. The second-order valence-electron chi connectivity index (χ2n) is 18.3. The van der Waals surface area contributed by atoms with E-state index in [0.29, 0.717) is 19.6 Å². The fourth-order valence-electron chi connectivity index (χ4n) is 8.25. The highest BCUT2D eigenvalue weighted by Gasteiger charge is 2.13. The summed E-state index contributed by atoms with van der Waals surface area (Å²) in [6.45, 7) is 5.38. The molecule has 0 aliphatic rings. The molecule has 0 aromatic rings. The van der Waals surface area contributed by atoms with Gasteiger partial charge in [0.25, 0.3) is 0 Å². The summed E-state index contributed by atoms with van der Waals surface area (Å²) in [5, 5.41) is 9.66. The Balaban J connectivity index is 3.35. The van der Waals surface area contributed by atoms with Crippen molar-refractivity contribution in [3.8, 4) is 0 Å². The topological polar surface area (TPSA) is 55.8 Å². The van der Waals surface area contributed by atoms with Crippen LogP contribution in [0, 0.1) is 0 Å². The first-order chi connectivity index (χ1) is 29.2. The number of rotatable bonds is 51. The van der Waals surface area contributed by atoms with Gasteiger partial charge in [0, 0.05) is 13.0 Å². The second kappa shape index (κ2) is 53.0. The lowest BCUT2D eigenvalue weighted by Crippen LogP contribution is -2.27. The molecule has 0 amide bonds. The van der Waals surface area contributed by atoms with Crippen LogP contribution >= 0.6 is 0 Å². The third kappa shape index (κ3) is 51.1. The number of hydrogen-bond acceptors (Lipinski definition) is 4. The van der Waals surface area contributed by atoms with Crippen molar-refractivity contribution in [2.75, 3.05) is 19.8 Å². The molecule has 1 unspecified atom stereocenters. The maximum atomic E-state index is 12.3. The highest BCUT2D eigenvalue weighted by Crippen LogP contribution is 2.17. The Labute approximate surface area is 370 Å². The largest absolute Gasteiger partial charge is 0.457 e. The Hall–Kier alpha value is -1.13. The van der Waals surface area contributed by atoms with E-state index in [0.717, 1.165) is 25.7 Å². The van der Waals surface area contributed by atoms with Crippen LogP contribution in [0.15, 0.2) is 24.3 Å². The number of aliphatic hydroxyl groups is 1. The average molecular weight is 831 g/mol. The van der Waals surface area contributed by atoms with Crippen LogP contribution in [0.4, 0.5) is 0 Å². The minimum atomic E-state index is -0.533. The minimum absolute atomic E-state index is 0.168. The minimum Gasteiger partial charge on any atom is -0.457 e. The first kappa shape index (κ1) is 57.9. The van der Waals surface area contributed by atoms with Crippen LogP contribution in [-0.4, -0.2) is 37.0 Å². The number of allylic oxidation sites excluding steroid dienone is 4. The van der Waals surface area contributed by atoms with E-state index in [1.165, 1.54) is 250 Å². The molecule has 0 bridgehead atoms. The second-order valence-corrected chi connectivity index (χ2v) is 18.3. The fourth-order valence-corrected chi connectivity index (χ4v) is 8.25. The van der Waals surface area contributed by atoms with Crippen LogP contribution in [0.3, 0.4) is 0 Å². The predicted octanol–water partition coefficient (Wildman–Crippen LogP) is 18.2. The Bertz CT molecular complexity index is 837. The monoisotopic (exact) mass is 831 g/mol. The quantitative estimate of drug-likeness (QED) is 0.0377. The number of carbonyl (C=O) groups excluding carboxylic acids is 1. The van der Waals surface area contributed by atoms with Gasteiger partial charge in [-0.3, -0.25) is 4.79 Å². The third-order valence-electron chi connectivity index (χ3n) is 12.3. The zero-order valence-electron chi connectivity index (χ0n) is 40.3. The number of hydrogen-bond donors (Lipinski definition) is 1. The number of ether oxygens (including phenoxy) is 2. The summed E-state index contributed by atoms with van der Waals surface area (Å²) in [5.74, 6) is -0.194. The molecule has 350 valence electrons. The smallest absolute Gasteiger partial charge is 0.306 e. The van der Waals surface area contributed by atoms with Gasteiger partial charge >= 0.3 is 5.97 Å². The van der Waals surface area contributed by atoms with Crippen molar-refractivity contribution in [1.82, 2.24) is 0 Å². The van der Waals surface area contributed by atoms with Crippen LogP contribution < -0.4 is 0 Å². The molecule has 0 spiro atoms. The molecular formula is C55H106O4. The van der Waals surface area contributed by atoms with Gasteiger partial charge in [-0.2, -0.15) is 0 Å². The van der Waals surface area contributed by atoms with Crippen LogP contribution in [0.25, 0.3) is 0 Å². The Morgan fingerprint density at radius 1 is 0.407 bits per heavy atom. The maximum Gasteiger partial charge on any atom is 0.306 e. The van der Waals surface area contributed by atoms with Crippen molar-refractivity contribution in [2.45, 2.75) is 302 Å². The van der Waals surface area contributed by atoms with E-state index in [1.54, 1.807) is 0 Å². The summed E-state index contributed by atoms with van der Waals surface area (Å²) in [6, 6.07) is 0. The first-order valence-electron chi connectivity index (χ1n) is 26.9. The zero-order chi connectivity index (χ0) is 42.6. The number of aliphatic hydroxyl groups excluding tert-OH is 1. The Morgan fingerprint density at radius 3 is 1.05 bits per heavy atom. The number of esters is 1. The molecule has 0 aliphatic carbocycles.